The molecule has 0 saturated heterocycles. The lowest BCUT2D eigenvalue weighted by Crippen LogP contribution is -2.06. The van der Waals surface area contributed by atoms with Crippen LogP contribution in [-0.4, -0.2) is 6.18 Å². The fraction of sp³-hybridized carbons (Fsp3) is 0.667. The summed E-state index contributed by atoms with van der Waals surface area (Å²) in [6.07, 6.45) is -4.73. The van der Waals surface area contributed by atoms with Crippen molar-refractivity contribution in [2.75, 3.05) is 0 Å². The third-order valence-electron chi connectivity index (χ3n) is 0.835. The van der Waals surface area contributed by atoms with E-state index in [0.717, 1.165) is 0 Å². The Hall–Kier alpha value is -0.470. The molecular formula is C6H9F3. The van der Waals surface area contributed by atoms with E-state index in [4.69, 9.17) is 0 Å². The molecule has 0 aromatic heterocycles. The van der Waals surface area contributed by atoms with Crippen LogP contribution in [0.5, 0.6) is 0 Å². The van der Waals surface area contributed by atoms with Crippen LogP contribution in [0.2, 0.25) is 0 Å². The molecule has 0 heterocycles. The molecule has 0 N–H and O–H groups in total. The maximum absolute atomic E-state index is 11.4. The first-order valence-corrected chi connectivity index (χ1v) is 2.63. The van der Waals surface area contributed by atoms with Crippen LogP contribution >= 0.6 is 0 Å². The van der Waals surface area contributed by atoms with Gasteiger partial charge in [0.15, 0.2) is 0 Å². The standard InChI is InChI=1S/C6H9F3/c1-5(2)3-4-6(7,8)9/h1,3-4H2,2H3. The molecule has 0 aromatic rings. The Labute approximate surface area is 52.4 Å². The van der Waals surface area contributed by atoms with E-state index < -0.39 is 12.6 Å². The van der Waals surface area contributed by atoms with Crippen molar-refractivity contribution in [1.82, 2.24) is 0 Å². The summed E-state index contributed by atoms with van der Waals surface area (Å²) in [7, 11) is 0. The predicted molar refractivity (Wildman–Crippen MR) is 30.1 cm³/mol. The molecule has 0 nitrogen and oxygen atoms in total. The smallest absolute Gasteiger partial charge is 0.171 e. The van der Waals surface area contributed by atoms with E-state index in [-0.39, 0.29) is 6.42 Å². The average Bonchev–Trinajstić information content (AvgIpc) is 1.59. The van der Waals surface area contributed by atoms with Gasteiger partial charge in [-0.2, -0.15) is 13.2 Å². The molecule has 0 atom stereocenters. The number of allylic oxidation sites excluding steroid dienone is 1. The molecule has 0 amide bonds. The minimum Gasteiger partial charge on any atom is -0.171 e. The normalized spacial score (nSPS) is 11.6. The summed E-state index contributed by atoms with van der Waals surface area (Å²) < 4.78 is 34.1. The number of hydrogen-bond donors (Lipinski definition) is 0. The highest BCUT2D eigenvalue weighted by Gasteiger charge is 2.25. The second kappa shape index (κ2) is 2.90. The molecule has 9 heavy (non-hydrogen) atoms. The molecule has 3 heteroatoms. The summed E-state index contributed by atoms with van der Waals surface area (Å²) in [5.41, 5.74) is 0.576. The largest absolute Gasteiger partial charge is 0.389 e. The minimum absolute atomic E-state index is 0.0451. The van der Waals surface area contributed by atoms with Crippen molar-refractivity contribution in [3.8, 4) is 0 Å². The summed E-state index contributed by atoms with van der Waals surface area (Å²) in [5, 5.41) is 0. The molecule has 0 aliphatic heterocycles. The van der Waals surface area contributed by atoms with Crippen LogP contribution in [0.1, 0.15) is 19.8 Å². The zero-order valence-electron chi connectivity index (χ0n) is 5.26. The molecule has 0 rings (SSSR count). The van der Waals surface area contributed by atoms with Gasteiger partial charge in [0.05, 0.1) is 0 Å². The molecule has 0 bridgehead atoms. The Kier molecular flexibility index (Phi) is 2.74. The van der Waals surface area contributed by atoms with E-state index in [1.165, 1.54) is 0 Å². The highest BCUT2D eigenvalue weighted by molar-refractivity contribution is 4.88. The third kappa shape index (κ3) is 7.53. The Morgan fingerprint density at radius 3 is 2.00 bits per heavy atom. The van der Waals surface area contributed by atoms with E-state index in [1.54, 1.807) is 6.92 Å². The summed E-state index contributed by atoms with van der Waals surface area (Å²) in [6, 6.07) is 0. The van der Waals surface area contributed by atoms with Gasteiger partial charge in [0.1, 0.15) is 0 Å². The molecule has 0 radical (unpaired) electrons. The van der Waals surface area contributed by atoms with Crippen LogP contribution in [0.3, 0.4) is 0 Å². The van der Waals surface area contributed by atoms with Gasteiger partial charge in [-0.05, 0) is 13.3 Å². The third-order valence-corrected chi connectivity index (χ3v) is 0.835. The van der Waals surface area contributed by atoms with Crippen LogP contribution in [0.15, 0.2) is 12.2 Å². The first-order valence-electron chi connectivity index (χ1n) is 2.63. The molecule has 0 saturated carbocycles. The molecule has 54 valence electrons. The zero-order valence-corrected chi connectivity index (χ0v) is 5.26. The monoisotopic (exact) mass is 138 g/mol. The summed E-state index contributed by atoms with van der Waals surface area (Å²) in [4.78, 5) is 0. The van der Waals surface area contributed by atoms with Crippen LogP contribution in [0.4, 0.5) is 13.2 Å². The van der Waals surface area contributed by atoms with Crippen molar-refractivity contribution in [2.24, 2.45) is 0 Å². The van der Waals surface area contributed by atoms with Crippen molar-refractivity contribution in [3.63, 3.8) is 0 Å². The maximum atomic E-state index is 11.4. The Balaban J connectivity index is 3.39. The predicted octanol–water partition coefficient (Wildman–Crippen LogP) is 2.91. The molecule has 0 unspecified atom stereocenters. The Morgan fingerprint density at radius 2 is 1.89 bits per heavy atom. The van der Waals surface area contributed by atoms with Gasteiger partial charge in [0, 0.05) is 6.42 Å². The highest BCUT2D eigenvalue weighted by Crippen LogP contribution is 2.22. The lowest BCUT2D eigenvalue weighted by Gasteiger charge is -2.03. The van der Waals surface area contributed by atoms with Crippen molar-refractivity contribution in [3.05, 3.63) is 12.2 Å². The first kappa shape index (κ1) is 8.53. The number of rotatable bonds is 2. The van der Waals surface area contributed by atoms with Gasteiger partial charge >= 0.3 is 6.18 Å². The van der Waals surface area contributed by atoms with Crippen LogP contribution < -0.4 is 0 Å². The van der Waals surface area contributed by atoms with Crippen LogP contribution in [-0.2, 0) is 0 Å². The van der Waals surface area contributed by atoms with Crippen molar-refractivity contribution in [1.29, 1.82) is 0 Å². The van der Waals surface area contributed by atoms with Gasteiger partial charge in [-0.25, -0.2) is 0 Å². The van der Waals surface area contributed by atoms with Gasteiger partial charge in [-0.1, -0.05) is 5.57 Å². The fourth-order valence-corrected chi connectivity index (χ4v) is 0.355. The van der Waals surface area contributed by atoms with Crippen molar-refractivity contribution >= 4 is 0 Å². The van der Waals surface area contributed by atoms with Gasteiger partial charge in [0.25, 0.3) is 0 Å². The molecular weight excluding hydrogens is 129 g/mol. The number of alkyl halides is 3. The number of hydrogen-bond acceptors (Lipinski definition) is 0. The minimum atomic E-state index is -4.03. The summed E-state index contributed by atoms with van der Waals surface area (Å²) in [5.74, 6) is 0. The summed E-state index contributed by atoms with van der Waals surface area (Å²) >= 11 is 0. The van der Waals surface area contributed by atoms with Gasteiger partial charge < -0.3 is 0 Å². The van der Waals surface area contributed by atoms with Gasteiger partial charge in [-0.15, -0.1) is 6.58 Å². The van der Waals surface area contributed by atoms with Gasteiger partial charge in [-0.3, -0.25) is 0 Å². The molecule has 0 aliphatic rings. The van der Waals surface area contributed by atoms with Crippen LogP contribution in [0.25, 0.3) is 0 Å². The number of halogens is 3. The molecule has 0 fully saturated rings. The average molecular weight is 138 g/mol. The quantitative estimate of drug-likeness (QED) is 0.514. The maximum Gasteiger partial charge on any atom is 0.389 e. The topological polar surface area (TPSA) is 0 Å². The van der Waals surface area contributed by atoms with Crippen molar-refractivity contribution in [2.45, 2.75) is 25.9 Å². The molecule has 0 spiro atoms. The zero-order chi connectivity index (χ0) is 7.49. The summed E-state index contributed by atoms with van der Waals surface area (Å²) in [6.45, 7) is 4.95. The second-order valence-electron chi connectivity index (χ2n) is 2.07. The van der Waals surface area contributed by atoms with E-state index in [0.29, 0.717) is 5.57 Å². The SMILES string of the molecule is C=C(C)CCC(F)(F)F. The van der Waals surface area contributed by atoms with E-state index in [2.05, 4.69) is 6.58 Å². The van der Waals surface area contributed by atoms with E-state index >= 15 is 0 Å². The Morgan fingerprint density at radius 1 is 1.44 bits per heavy atom. The second-order valence-corrected chi connectivity index (χ2v) is 2.07. The van der Waals surface area contributed by atoms with Gasteiger partial charge in [0.2, 0.25) is 0 Å². The van der Waals surface area contributed by atoms with E-state index in [9.17, 15) is 13.2 Å². The highest BCUT2D eigenvalue weighted by atomic mass is 19.4. The fourth-order valence-electron chi connectivity index (χ4n) is 0.355. The molecule has 0 aliphatic carbocycles. The van der Waals surface area contributed by atoms with E-state index in [1.807, 2.05) is 0 Å². The first-order chi connectivity index (χ1) is 3.92. The van der Waals surface area contributed by atoms with Crippen molar-refractivity contribution < 1.29 is 13.2 Å². The lowest BCUT2D eigenvalue weighted by molar-refractivity contribution is -0.133. The lowest BCUT2D eigenvalue weighted by atomic mass is 10.2. The Bertz CT molecular complexity index is 101. The molecule has 0 aromatic carbocycles. The van der Waals surface area contributed by atoms with Crippen LogP contribution in [0, 0.1) is 0 Å².